The van der Waals surface area contributed by atoms with Crippen LogP contribution in [0.2, 0.25) is 0 Å². The first-order valence-corrected chi connectivity index (χ1v) is 5.95. The maximum atomic E-state index is 12.2. The standard InChI is InChI=1S/C13H14N2O3.ClH/c1-18-13(17)14-6-7-15-11(8-14)9-4-2-3-5-10(9)12(15)16;/h2-5,11H,6-8H2,1H3;1H/t11-;/m1./s1. The van der Waals surface area contributed by atoms with Crippen molar-refractivity contribution in [2.75, 3.05) is 26.7 Å². The van der Waals surface area contributed by atoms with Crippen molar-refractivity contribution in [1.29, 1.82) is 0 Å². The highest BCUT2D eigenvalue weighted by Crippen LogP contribution is 2.35. The van der Waals surface area contributed by atoms with Crippen molar-refractivity contribution >= 4 is 24.4 Å². The number of hydrogen-bond donors (Lipinski definition) is 0. The van der Waals surface area contributed by atoms with Gasteiger partial charge in [0.05, 0.1) is 13.2 Å². The lowest BCUT2D eigenvalue weighted by Crippen LogP contribution is -2.49. The largest absolute Gasteiger partial charge is 0.453 e. The Balaban J connectivity index is 0.00000133. The molecule has 19 heavy (non-hydrogen) atoms. The summed E-state index contributed by atoms with van der Waals surface area (Å²) < 4.78 is 4.74. The zero-order valence-electron chi connectivity index (χ0n) is 10.5. The van der Waals surface area contributed by atoms with E-state index in [0.717, 1.165) is 11.1 Å². The number of hydrogen-bond acceptors (Lipinski definition) is 3. The van der Waals surface area contributed by atoms with Crippen molar-refractivity contribution < 1.29 is 14.3 Å². The van der Waals surface area contributed by atoms with E-state index in [-0.39, 0.29) is 30.4 Å². The maximum absolute atomic E-state index is 12.2. The van der Waals surface area contributed by atoms with Crippen LogP contribution in [0.25, 0.3) is 0 Å². The fourth-order valence-corrected chi connectivity index (χ4v) is 2.72. The highest BCUT2D eigenvalue weighted by molar-refractivity contribution is 5.99. The molecule has 2 heterocycles. The number of ether oxygens (including phenoxy) is 1. The summed E-state index contributed by atoms with van der Waals surface area (Å²) in [5.41, 5.74) is 1.77. The number of carbonyl (C=O) groups is 2. The molecule has 5 nitrogen and oxygen atoms in total. The lowest BCUT2D eigenvalue weighted by Gasteiger charge is -2.36. The quantitative estimate of drug-likeness (QED) is 0.727. The first kappa shape index (κ1) is 13.7. The van der Waals surface area contributed by atoms with E-state index < -0.39 is 0 Å². The second-order valence-electron chi connectivity index (χ2n) is 4.52. The van der Waals surface area contributed by atoms with Gasteiger partial charge in [0.1, 0.15) is 0 Å². The van der Waals surface area contributed by atoms with Crippen LogP contribution in [0.4, 0.5) is 4.79 Å². The van der Waals surface area contributed by atoms with Crippen molar-refractivity contribution in [3.63, 3.8) is 0 Å². The van der Waals surface area contributed by atoms with E-state index >= 15 is 0 Å². The van der Waals surface area contributed by atoms with Gasteiger partial charge in [0, 0.05) is 25.2 Å². The molecule has 0 aromatic heterocycles. The van der Waals surface area contributed by atoms with Gasteiger partial charge in [0.15, 0.2) is 0 Å². The smallest absolute Gasteiger partial charge is 0.409 e. The Morgan fingerprint density at radius 3 is 2.79 bits per heavy atom. The number of nitrogens with zero attached hydrogens (tertiary/aromatic N) is 2. The molecule has 0 saturated carbocycles. The summed E-state index contributed by atoms with van der Waals surface area (Å²) >= 11 is 0. The van der Waals surface area contributed by atoms with Gasteiger partial charge in [-0.25, -0.2) is 4.79 Å². The normalized spacial score (nSPS) is 20.5. The number of benzene rings is 1. The third kappa shape index (κ3) is 2.04. The van der Waals surface area contributed by atoms with E-state index in [4.69, 9.17) is 4.74 Å². The van der Waals surface area contributed by atoms with Crippen LogP contribution >= 0.6 is 12.4 Å². The van der Waals surface area contributed by atoms with Crippen LogP contribution in [-0.2, 0) is 4.74 Å². The number of rotatable bonds is 0. The fourth-order valence-electron chi connectivity index (χ4n) is 2.72. The van der Waals surface area contributed by atoms with Crippen LogP contribution in [0, 0.1) is 0 Å². The zero-order valence-corrected chi connectivity index (χ0v) is 11.4. The Morgan fingerprint density at radius 2 is 2.05 bits per heavy atom. The monoisotopic (exact) mass is 282 g/mol. The average molecular weight is 283 g/mol. The summed E-state index contributed by atoms with van der Waals surface area (Å²) in [4.78, 5) is 27.2. The molecular weight excluding hydrogens is 268 g/mol. The maximum Gasteiger partial charge on any atom is 0.409 e. The number of methoxy groups -OCH3 is 1. The van der Waals surface area contributed by atoms with Gasteiger partial charge < -0.3 is 14.5 Å². The zero-order chi connectivity index (χ0) is 12.7. The van der Waals surface area contributed by atoms with Crippen molar-refractivity contribution in [3.8, 4) is 0 Å². The molecule has 1 saturated heterocycles. The van der Waals surface area contributed by atoms with Crippen molar-refractivity contribution in [2.45, 2.75) is 6.04 Å². The SMILES string of the molecule is COC(=O)N1CCN2C(=O)c3ccccc3[C@H]2C1.Cl. The molecular formula is C13H15ClN2O3. The highest BCUT2D eigenvalue weighted by Gasteiger charge is 2.41. The van der Waals surface area contributed by atoms with Gasteiger partial charge in [-0.1, -0.05) is 18.2 Å². The summed E-state index contributed by atoms with van der Waals surface area (Å²) in [7, 11) is 1.38. The minimum Gasteiger partial charge on any atom is -0.453 e. The first-order chi connectivity index (χ1) is 8.72. The Kier molecular flexibility index (Phi) is 3.66. The molecule has 0 unspecified atom stereocenters. The van der Waals surface area contributed by atoms with Gasteiger partial charge in [-0.15, -0.1) is 12.4 Å². The van der Waals surface area contributed by atoms with Gasteiger partial charge in [-0.3, -0.25) is 4.79 Å². The predicted octanol–water partition coefficient (Wildman–Crippen LogP) is 1.69. The molecule has 0 spiro atoms. The lowest BCUT2D eigenvalue weighted by atomic mass is 10.0. The Morgan fingerprint density at radius 1 is 1.32 bits per heavy atom. The van der Waals surface area contributed by atoms with Gasteiger partial charge >= 0.3 is 6.09 Å². The molecule has 0 bridgehead atoms. The van der Waals surface area contributed by atoms with Crippen LogP contribution < -0.4 is 0 Å². The summed E-state index contributed by atoms with van der Waals surface area (Å²) in [6.45, 7) is 1.60. The second kappa shape index (κ2) is 5.09. The Bertz CT molecular complexity index is 520. The molecule has 2 aliphatic rings. The molecule has 1 atom stereocenters. The molecule has 2 aliphatic heterocycles. The number of carbonyl (C=O) groups excluding carboxylic acids is 2. The molecule has 0 N–H and O–H groups in total. The predicted molar refractivity (Wildman–Crippen MR) is 71.4 cm³/mol. The number of amides is 2. The second-order valence-corrected chi connectivity index (χ2v) is 4.52. The molecule has 0 aliphatic carbocycles. The third-order valence-electron chi connectivity index (χ3n) is 3.62. The van der Waals surface area contributed by atoms with Crippen LogP contribution in [0.5, 0.6) is 0 Å². The van der Waals surface area contributed by atoms with Crippen molar-refractivity contribution in [1.82, 2.24) is 9.80 Å². The molecule has 1 aromatic rings. The molecule has 2 amide bonds. The number of piperazine rings is 1. The third-order valence-corrected chi connectivity index (χ3v) is 3.62. The number of fused-ring (bicyclic) bond motifs is 3. The lowest BCUT2D eigenvalue weighted by molar-refractivity contribution is 0.0484. The van der Waals surface area contributed by atoms with Gasteiger partial charge in [-0.2, -0.15) is 0 Å². The van der Waals surface area contributed by atoms with E-state index in [1.54, 1.807) is 4.90 Å². The van der Waals surface area contributed by atoms with Crippen LogP contribution in [-0.4, -0.2) is 48.5 Å². The van der Waals surface area contributed by atoms with Crippen molar-refractivity contribution in [2.24, 2.45) is 0 Å². The van der Waals surface area contributed by atoms with Gasteiger partial charge in [0.2, 0.25) is 0 Å². The van der Waals surface area contributed by atoms with Gasteiger partial charge in [-0.05, 0) is 11.6 Å². The van der Waals surface area contributed by atoms with E-state index in [1.807, 2.05) is 29.2 Å². The van der Waals surface area contributed by atoms with Crippen LogP contribution in [0.15, 0.2) is 24.3 Å². The Labute approximate surface area is 117 Å². The molecule has 6 heteroatoms. The van der Waals surface area contributed by atoms with Crippen LogP contribution in [0.3, 0.4) is 0 Å². The molecule has 102 valence electrons. The summed E-state index contributed by atoms with van der Waals surface area (Å²) in [6, 6.07) is 7.57. The highest BCUT2D eigenvalue weighted by atomic mass is 35.5. The molecule has 1 aromatic carbocycles. The summed E-state index contributed by atoms with van der Waals surface area (Å²) in [6.07, 6.45) is -0.327. The minimum atomic E-state index is -0.327. The molecule has 3 rings (SSSR count). The van der Waals surface area contributed by atoms with E-state index in [1.165, 1.54) is 7.11 Å². The fraction of sp³-hybridized carbons (Fsp3) is 0.385. The van der Waals surface area contributed by atoms with Gasteiger partial charge in [0.25, 0.3) is 5.91 Å². The van der Waals surface area contributed by atoms with E-state index in [0.29, 0.717) is 19.6 Å². The average Bonchev–Trinajstić information content (AvgIpc) is 2.72. The van der Waals surface area contributed by atoms with Crippen molar-refractivity contribution in [3.05, 3.63) is 35.4 Å². The first-order valence-electron chi connectivity index (χ1n) is 5.95. The number of halogens is 1. The van der Waals surface area contributed by atoms with E-state index in [9.17, 15) is 9.59 Å². The molecule has 0 radical (unpaired) electrons. The van der Waals surface area contributed by atoms with Crippen LogP contribution in [0.1, 0.15) is 22.0 Å². The summed E-state index contributed by atoms with van der Waals surface area (Å²) in [5.74, 6) is 0.0696. The van der Waals surface area contributed by atoms with E-state index in [2.05, 4.69) is 0 Å². The Hall–Kier alpha value is -1.75. The summed E-state index contributed by atoms with van der Waals surface area (Å²) in [5, 5.41) is 0. The molecule has 1 fully saturated rings. The minimum absolute atomic E-state index is 0. The topological polar surface area (TPSA) is 49.9 Å².